The van der Waals surface area contributed by atoms with Gasteiger partial charge < -0.3 is 0 Å². The summed E-state index contributed by atoms with van der Waals surface area (Å²) in [7, 11) is 0. The van der Waals surface area contributed by atoms with Gasteiger partial charge in [0.05, 0.1) is 0 Å². The molecule has 2 aromatic rings. The quantitative estimate of drug-likeness (QED) is 0.579. The van der Waals surface area contributed by atoms with Gasteiger partial charge in [-0.1, -0.05) is 63.1 Å². The highest BCUT2D eigenvalue weighted by Crippen LogP contribution is 2.40. The lowest BCUT2D eigenvalue weighted by molar-refractivity contribution is 0.283. The monoisotopic (exact) mass is 332 g/mol. The van der Waals surface area contributed by atoms with E-state index >= 15 is 0 Å². The molecule has 0 heteroatoms. The highest BCUT2D eigenvalue weighted by molar-refractivity contribution is 5.73. The Labute approximate surface area is 153 Å². The van der Waals surface area contributed by atoms with Crippen molar-refractivity contribution in [1.82, 2.24) is 0 Å². The average molecular weight is 333 g/mol. The predicted molar refractivity (Wildman–Crippen MR) is 108 cm³/mol. The smallest absolute Gasteiger partial charge is 0.0146 e. The molecule has 1 unspecified atom stereocenters. The van der Waals surface area contributed by atoms with Crippen molar-refractivity contribution in [3.05, 3.63) is 58.7 Å². The zero-order valence-electron chi connectivity index (χ0n) is 16.0. The Bertz CT molecular complexity index is 736. The van der Waals surface area contributed by atoms with E-state index < -0.39 is 0 Å². The summed E-state index contributed by atoms with van der Waals surface area (Å²) in [6.45, 7) is 4.76. The first kappa shape index (κ1) is 16.9. The zero-order chi connectivity index (χ0) is 17.2. The second-order valence-electron chi connectivity index (χ2n) is 8.17. The lowest BCUT2D eigenvalue weighted by Gasteiger charge is -2.32. The summed E-state index contributed by atoms with van der Waals surface area (Å²) >= 11 is 0. The third-order valence-corrected chi connectivity index (χ3v) is 6.93. The van der Waals surface area contributed by atoms with Crippen LogP contribution in [0.25, 0.3) is 11.1 Å². The van der Waals surface area contributed by atoms with Gasteiger partial charge in [-0.2, -0.15) is 0 Å². The van der Waals surface area contributed by atoms with Crippen molar-refractivity contribution in [2.24, 2.45) is 11.8 Å². The van der Waals surface area contributed by atoms with Gasteiger partial charge in [0.15, 0.2) is 0 Å². The van der Waals surface area contributed by atoms with Gasteiger partial charge in [-0.3, -0.25) is 0 Å². The van der Waals surface area contributed by atoms with Gasteiger partial charge in [-0.15, -0.1) is 0 Å². The van der Waals surface area contributed by atoms with E-state index in [0.717, 1.165) is 11.8 Å². The molecule has 25 heavy (non-hydrogen) atoms. The first-order chi connectivity index (χ1) is 12.3. The van der Waals surface area contributed by atoms with Crippen molar-refractivity contribution in [2.75, 3.05) is 0 Å². The SMILES string of the molecule is CCC(CC)C1CCc2cccc(-c3cccc4c3CCCC4)c2C1. The molecule has 0 aromatic heterocycles. The van der Waals surface area contributed by atoms with Crippen LogP contribution in [0.3, 0.4) is 0 Å². The van der Waals surface area contributed by atoms with Crippen LogP contribution in [0, 0.1) is 11.8 Å². The minimum atomic E-state index is 0.878. The highest BCUT2D eigenvalue weighted by atomic mass is 14.3. The Hall–Kier alpha value is -1.56. The minimum Gasteiger partial charge on any atom is -0.0651 e. The topological polar surface area (TPSA) is 0 Å². The first-order valence-corrected chi connectivity index (χ1v) is 10.5. The van der Waals surface area contributed by atoms with Crippen LogP contribution < -0.4 is 0 Å². The molecule has 132 valence electrons. The average Bonchev–Trinajstić information content (AvgIpc) is 2.68. The molecule has 0 nitrogen and oxygen atoms in total. The molecule has 2 aliphatic rings. The van der Waals surface area contributed by atoms with Gasteiger partial charge in [-0.25, -0.2) is 0 Å². The standard InChI is InChI=1S/C25H32/c1-3-18(4-2)21-16-15-20-11-8-14-24(25(20)17-21)23-13-7-10-19-9-5-6-12-22(19)23/h7-8,10-11,13-14,18,21H,3-6,9,12,15-17H2,1-2H3. The van der Waals surface area contributed by atoms with Crippen molar-refractivity contribution in [3.8, 4) is 11.1 Å². The first-order valence-electron chi connectivity index (χ1n) is 10.5. The normalized spacial score (nSPS) is 19.6. The molecule has 0 saturated heterocycles. The van der Waals surface area contributed by atoms with Crippen LogP contribution in [0.5, 0.6) is 0 Å². The van der Waals surface area contributed by atoms with Crippen LogP contribution in [-0.2, 0) is 25.7 Å². The van der Waals surface area contributed by atoms with Crippen LogP contribution in [0.4, 0.5) is 0 Å². The van der Waals surface area contributed by atoms with E-state index in [4.69, 9.17) is 0 Å². The summed E-state index contributed by atoms with van der Waals surface area (Å²) in [5.41, 5.74) is 9.63. The molecular formula is C25H32. The molecule has 0 spiro atoms. The summed E-state index contributed by atoms with van der Waals surface area (Å²) in [4.78, 5) is 0. The molecule has 2 aromatic carbocycles. The zero-order valence-corrected chi connectivity index (χ0v) is 16.0. The van der Waals surface area contributed by atoms with Crippen LogP contribution in [0.2, 0.25) is 0 Å². The summed E-state index contributed by atoms with van der Waals surface area (Å²) < 4.78 is 0. The van der Waals surface area contributed by atoms with E-state index in [1.54, 1.807) is 33.4 Å². The molecule has 0 bridgehead atoms. The van der Waals surface area contributed by atoms with Gasteiger partial charge >= 0.3 is 0 Å². The summed E-state index contributed by atoms with van der Waals surface area (Å²) in [5.74, 6) is 1.77. The molecular weight excluding hydrogens is 300 g/mol. The number of fused-ring (bicyclic) bond motifs is 2. The molecule has 0 saturated carbocycles. The Balaban J connectivity index is 1.76. The Morgan fingerprint density at radius 3 is 2.16 bits per heavy atom. The summed E-state index contributed by atoms with van der Waals surface area (Å²) in [5, 5.41) is 0. The third kappa shape index (κ3) is 3.16. The van der Waals surface area contributed by atoms with E-state index in [1.165, 1.54) is 57.8 Å². The third-order valence-electron chi connectivity index (χ3n) is 6.93. The fourth-order valence-corrected chi connectivity index (χ4v) is 5.46. The number of aryl methyl sites for hydroxylation is 2. The Kier molecular flexibility index (Phi) is 4.97. The molecule has 2 aliphatic carbocycles. The van der Waals surface area contributed by atoms with Crippen LogP contribution in [-0.4, -0.2) is 0 Å². The lowest BCUT2D eigenvalue weighted by atomic mass is 9.73. The van der Waals surface area contributed by atoms with Crippen LogP contribution in [0.1, 0.15) is 68.2 Å². The number of hydrogen-bond donors (Lipinski definition) is 0. The molecule has 1 atom stereocenters. The van der Waals surface area contributed by atoms with Gasteiger partial charge in [0, 0.05) is 0 Å². The van der Waals surface area contributed by atoms with E-state index in [1.807, 2.05) is 0 Å². The summed E-state index contributed by atoms with van der Waals surface area (Å²) in [6.07, 6.45) is 11.9. The van der Waals surface area contributed by atoms with Crippen LogP contribution in [0.15, 0.2) is 36.4 Å². The maximum absolute atomic E-state index is 2.40. The molecule has 0 N–H and O–H groups in total. The number of rotatable bonds is 4. The number of hydrogen-bond acceptors (Lipinski definition) is 0. The summed E-state index contributed by atoms with van der Waals surface area (Å²) in [6, 6.07) is 14.1. The van der Waals surface area contributed by atoms with E-state index in [-0.39, 0.29) is 0 Å². The molecule has 0 amide bonds. The van der Waals surface area contributed by atoms with Crippen LogP contribution >= 0.6 is 0 Å². The van der Waals surface area contributed by atoms with Crippen molar-refractivity contribution in [2.45, 2.75) is 71.6 Å². The van der Waals surface area contributed by atoms with E-state index in [0.29, 0.717) is 0 Å². The van der Waals surface area contributed by atoms with Crippen molar-refractivity contribution >= 4 is 0 Å². The van der Waals surface area contributed by atoms with Crippen molar-refractivity contribution in [1.29, 1.82) is 0 Å². The fraction of sp³-hybridized carbons (Fsp3) is 0.520. The maximum atomic E-state index is 2.40. The Morgan fingerprint density at radius 2 is 1.44 bits per heavy atom. The molecule has 0 radical (unpaired) electrons. The van der Waals surface area contributed by atoms with Gasteiger partial charge in [0.25, 0.3) is 0 Å². The van der Waals surface area contributed by atoms with Crippen molar-refractivity contribution < 1.29 is 0 Å². The van der Waals surface area contributed by atoms with Crippen molar-refractivity contribution in [3.63, 3.8) is 0 Å². The van der Waals surface area contributed by atoms with E-state index in [2.05, 4.69) is 50.2 Å². The molecule has 0 fully saturated rings. The second-order valence-corrected chi connectivity index (χ2v) is 8.17. The maximum Gasteiger partial charge on any atom is -0.0146 e. The van der Waals surface area contributed by atoms with E-state index in [9.17, 15) is 0 Å². The lowest BCUT2D eigenvalue weighted by Crippen LogP contribution is -2.22. The molecule has 0 heterocycles. The van der Waals surface area contributed by atoms with Gasteiger partial charge in [-0.05, 0) is 90.2 Å². The minimum absolute atomic E-state index is 0.878. The second kappa shape index (κ2) is 7.36. The fourth-order valence-electron chi connectivity index (χ4n) is 5.46. The Morgan fingerprint density at radius 1 is 0.800 bits per heavy atom. The van der Waals surface area contributed by atoms with Gasteiger partial charge in [0.1, 0.15) is 0 Å². The highest BCUT2D eigenvalue weighted by Gasteiger charge is 2.27. The largest absolute Gasteiger partial charge is 0.0651 e. The molecule has 4 rings (SSSR count). The number of benzene rings is 2. The molecule has 0 aliphatic heterocycles. The predicted octanol–water partition coefficient (Wildman–Crippen LogP) is 6.77. The van der Waals surface area contributed by atoms with Gasteiger partial charge in [0.2, 0.25) is 0 Å².